The molecule has 0 spiro atoms. The summed E-state index contributed by atoms with van der Waals surface area (Å²) >= 11 is 0. The van der Waals surface area contributed by atoms with Crippen molar-refractivity contribution in [1.82, 2.24) is 0 Å². The van der Waals surface area contributed by atoms with Crippen molar-refractivity contribution in [3.63, 3.8) is 0 Å². The molecule has 3 fully saturated rings. The van der Waals surface area contributed by atoms with Crippen LogP contribution in [0.2, 0.25) is 0 Å². The van der Waals surface area contributed by atoms with E-state index >= 15 is 4.57 Å². The fourth-order valence-corrected chi connectivity index (χ4v) is 16.4. The summed E-state index contributed by atoms with van der Waals surface area (Å²) in [6.07, 6.45) is 16.4. The molecule has 3 aliphatic rings. The molecule has 4 heteroatoms. The van der Waals surface area contributed by atoms with Gasteiger partial charge >= 0.3 is 0 Å². The summed E-state index contributed by atoms with van der Waals surface area (Å²) in [7, 11) is -5.15. The van der Waals surface area contributed by atoms with Crippen LogP contribution in [0.15, 0.2) is 60.7 Å². The zero-order chi connectivity index (χ0) is 23.4. The van der Waals surface area contributed by atoms with Gasteiger partial charge in [0.05, 0.1) is 7.14 Å². The standard InChI is InChI=1S/C30H42O2P2/c31-33(26-15-5-1-6-16-26,27-17-7-2-8-18-27)24-25-14-13-23-30(25)34(32,28-19-9-3-10-20-28)29-21-11-4-12-22-29/h1-2,5-8,15-18,25,28-30H,3-4,9-14,19-24H2/t25-,30-/m1/s1. The highest BCUT2D eigenvalue weighted by Gasteiger charge is 2.51. The van der Waals surface area contributed by atoms with Gasteiger partial charge in [0, 0.05) is 33.7 Å². The van der Waals surface area contributed by atoms with E-state index in [2.05, 4.69) is 24.3 Å². The zero-order valence-corrected chi connectivity index (χ0v) is 22.5. The van der Waals surface area contributed by atoms with Gasteiger partial charge in [0.15, 0.2) is 0 Å². The zero-order valence-electron chi connectivity index (χ0n) is 20.7. The first-order chi connectivity index (χ1) is 16.6. The monoisotopic (exact) mass is 496 g/mol. The van der Waals surface area contributed by atoms with Crippen molar-refractivity contribution in [2.24, 2.45) is 5.92 Å². The average molecular weight is 497 g/mol. The normalized spacial score (nSPS) is 25.4. The topological polar surface area (TPSA) is 34.1 Å². The Bertz CT molecular complexity index is 941. The van der Waals surface area contributed by atoms with Crippen LogP contribution in [-0.2, 0) is 9.13 Å². The lowest BCUT2D eigenvalue weighted by Crippen LogP contribution is -2.34. The molecule has 2 aromatic rings. The second-order valence-electron chi connectivity index (χ2n) is 11.2. The molecule has 184 valence electrons. The maximum atomic E-state index is 15.4. The highest BCUT2D eigenvalue weighted by Crippen LogP contribution is 2.70. The average Bonchev–Trinajstić information content (AvgIpc) is 3.38. The summed E-state index contributed by atoms with van der Waals surface area (Å²) in [5, 5.41) is 1.94. The summed E-state index contributed by atoms with van der Waals surface area (Å²) in [4.78, 5) is 0. The molecule has 0 N–H and O–H groups in total. The van der Waals surface area contributed by atoms with Crippen LogP contribution in [0.1, 0.15) is 83.5 Å². The van der Waals surface area contributed by atoms with Crippen molar-refractivity contribution in [1.29, 1.82) is 0 Å². The van der Waals surface area contributed by atoms with Gasteiger partial charge in [-0.1, -0.05) is 106 Å². The molecule has 0 saturated heterocycles. The third-order valence-corrected chi connectivity index (χ3v) is 17.5. The van der Waals surface area contributed by atoms with Crippen molar-refractivity contribution in [3.05, 3.63) is 60.7 Å². The molecule has 3 saturated carbocycles. The van der Waals surface area contributed by atoms with E-state index in [4.69, 9.17) is 0 Å². The second kappa shape index (κ2) is 10.9. The van der Waals surface area contributed by atoms with Gasteiger partial charge in [-0.3, -0.25) is 0 Å². The fourth-order valence-electron chi connectivity index (χ4n) is 7.60. The van der Waals surface area contributed by atoms with Crippen LogP contribution in [0.3, 0.4) is 0 Å². The van der Waals surface area contributed by atoms with Gasteiger partial charge in [0.1, 0.15) is 7.14 Å². The van der Waals surface area contributed by atoms with Gasteiger partial charge < -0.3 is 9.13 Å². The van der Waals surface area contributed by atoms with Gasteiger partial charge in [-0.15, -0.1) is 0 Å². The molecule has 0 aliphatic heterocycles. The molecule has 2 nitrogen and oxygen atoms in total. The third-order valence-electron chi connectivity index (χ3n) is 9.27. The fraction of sp³-hybridized carbons (Fsp3) is 0.600. The van der Waals surface area contributed by atoms with E-state index in [0.29, 0.717) is 29.1 Å². The largest absolute Gasteiger partial charge is 0.323 e. The van der Waals surface area contributed by atoms with Crippen molar-refractivity contribution < 1.29 is 9.13 Å². The van der Waals surface area contributed by atoms with E-state index < -0.39 is 14.3 Å². The maximum absolute atomic E-state index is 15.4. The molecular weight excluding hydrogens is 454 g/mol. The number of hydrogen-bond acceptors (Lipinski definition) is 2. The second-order valence-corrected chi connectivity index (χ2v) is 17.7. The predicted molar refractivity (Wildman–Crippen MR) is 147 cm³/mol. The highest BCUT2D eigenvalue weighted by atomic mass is 31.2. The van der Waals surface area contributed by atoms with Crippen LogP contribution in [0.5, 0.6) is 0 Å². The minimum Gasteiger partial charge on any atom is -0.323 e. The molecule has 5 rings (SSSR count). The Balaban J connectivity index is 1.51. The summed E-state index contributed by atoms with van der Waals surface area (Å²) < 4.78 is 30.3. The lowest BCUT2D eigenvalue weighted by Gasteiger charge is -2.44. The highest BCUT2D eigenvalue weighted by molar-refractivity contribution is 7.78. The summed E-state index contributed by atoms with van der Waals surface area (Å²) in [5.74, 6) is 0.320. The molecule has 0 bridgehead atoms. The Labute approximate surface area is 207 Å². The van der Waals surface area contributed by atoms with E-state index in [1.54, 1.807) is 0 Å². The SMILES string of the molecule is O=P(C[C@H]1CCC[C@H]1P(=O)(C1CCCCC1)C1CCCCC1)(c1ccccc1)c1ccccc1. The minimum atomic E-state index is -2.78. The third kappa shape index (κ3) is 4.80. The van der Waals surface area contributed by atoms with Crippen LogP contribution in [0.4, 0.5) is 0 Å². The van der Waals surface area contributed by atoms with Gasteiger partial charge in [-0.25, -0.2) is 0 Å². The summed E-state index contributed by atoms with van der Waals surface area (Å²) in [6.45, 7) is 0. The van der Waals surface area contributed by atoms with Crippen LogP contribution >= 0.6 is 14.3 Å². The van der Waals surface area contributed by atoms with Gasteiger partial charge in [-0.2, -0.15) is 0 Å². The maximum Gasteiger partial charge on any atom is 0.143 e. The van der Waals surface area contributed by atoms with E-state index in [-0.39, 0.29) is 0 Å². The number of rotatable bonds is 7. The first-order valence-electron chi connectivity index (χ1n) is 13.9. The lowest BCUT2D eigenvalue weighted by molar-refractivity contribution is 0.431. The molecule has 0 radical (unpaired) electrons. The predicted octanol–water partition coefficient (Wildman–Crippen LogP) is 8.20. The molecule has 0 unspecified atom stereocenters. The van der Waals surface area contributed by atoms with Crippen LogP contribution in [0.25, 0.3) is 0 Å². The molecule has 0 aromatic heterocycles. The first kappa shape index (κ1) is 24.6. The summed E-state index contributed by atoms with van der Waals surface area (Å²) in [5.41, 5.74) is 1.16. The van der Waals surface area contributed by atoms with Gasteiger partial charge in [0.25, 0.3) is 0 Å². The van der Waals surface area contributed by atoms with Crippen molar-refractivity contribution in [2.45, 2.75) is 100 Å². The molecule has 34 heavy (non-hydrogen) atoms. The van der Waals surface area contributed by atoms with Crippen LogP contribution in [0, 0.1) is 5.92 Å². The first-order valence-corrected chi connectivity index (χ1v) is 17.7. The van der Waals surface area contributed by atoms with Crippen LogP contribution < -0.4 is 10.6 Å². The summed E-state index contributed by atoms with van der Waals surface area (Å²) in [6, 6.07) is 20.3. The Morgan fingerprint density at radius 3 is 1.50 bits per heavy atom. The van der Waals surface area contributed by atoms with E-state index in [1.165, 1.54) is 64.2 Å². The Hall–Kier alpha value is -1.10. The minimum absolute atomic E-state index is 0.291. The molecule has 3 aliphatic carbocycles. The van der Waals surface area contributed by atoms with E-state index in [0.717, 1.165) is 29.9 Å². The smallest absolute Gasteiger partial charge is 0.143 e. The number of benzene rings is 2. The Morgan fingerprint density at radius 2 is 1.03 bits per heavy atom. The van der Waals surface area contributed by atoms with Gasteiger partial charge in [0.2, 0.25) is 0 Å². The molecule has 0 heterocycles. The van der Waals surface area contributed by atoms with Crippen molar-refractivity contribution in [2.75, 3.05) is 6.16 Å². The van der Waals surface area contributed by atoms with E-state index in [9.17, 15) is 4.57 Å². The molecule has 2 atom stereocenters. The quantitative estimate of drug-likeness (QED) is 0.362. The Kier molecular flexibility index (Phi) is 7.87. The molecule has 0 amide bonds. The number of hydrogen-bond donors (Lipinski definition) is 0. The van der Waals surface area contributed by atoms with Crippen molar-refractivity contribution in [3.8, 4) is 0 Å². The Morgan fingerprint density at radius 1 is 0.559 bits per heavy atom. The molecule has 2 aromatic carbocycles. The van der Waals surface area contributed by atoms with Crippen molar-refractivity contribution >= 4 is 24.9 Å². The van der Waals surface area contributed by atoms with Gasteiger partial charge in [-0.05, 0) is 44.4 Å². The van der Waals surface area contributed by atoms with E-state index in [1.807, 2.05) is 36.4 Å². The van der Waals surface area contributed by atoms with Crippen LogP contribution in [-0.4, -0.2) is 23.1 Å². The molecular formula is C30H42O2P2. The lowest BCUT2D eigenvalue weighted by atomic mass is 9.99.